The van der Waals surface area contributed by atoms with E-state index in [9.17, 15) is 0 Å². The summed E-state index contributed by atoms with van der Waals surface area (Å²) in [7, 11) is 1.66. The summed E-state index contributed by atoms with van der Waals surface area (Å²) in [6.07, 6.45) is 1.80. The van der Waals surface area contributed by atoms with Crippen LogP contribution in [0.3, 0.4) is 0 Å². The molecule has 3 nitrogen and oxygen atoms in total. The fraction of sp³-hybridized carbons (Fsp3) is 0.286. The van der Waals surface area contributed by atoms with Gasteiger partial charge in [-0.05, 0) is 24.1 Å². The highest BCUT2D eigenvalue weighted by Gasteiger charge is 2.09. The van der Waals surface area contributed by atoms with Crippen molar-refractivity contribution in [3.63, 3.8) is 0 Å². The predicted octanol–water partition coefficient (Wildman–Crippen LogP) is 3.28. The Labute approximate surface area is 102 Å². The van der Waals surface area contributed by atoms with Gasteiger partial charge in [-0.25, -0.2) is 9.97 Å². The monoisotopic (exact) mass is 228 g/mol. The zero-order valence-corrected chi connectivity index (χ0v) is 10.3. The van der Waals surface area contributed by atoms with Gasteiger partial charge in [0.2, 0.25) is 0 Å². The highest BCUT2D eigenvalue weighted by molar-refractivity contribution is 5.63. The van der Waals surface area contributed by atoms with Gasteiger partial charge in [0.25, 0.3) is 0 Å². The molecule has 0 bridgehead atoms. The van der Waals surface area contributed by atoms with Crippen LogP contribution in [0.15, 0.2) is 36.5 Å². The predicted molar refractivity (Wildman–Crippen MR) is 68.1 cm³/mol. The van der Waals surface area contributed by atoms with Gasteiger partial charge in [-0.1, -0.05) is 26.0 Å². The fourth-order valence-electron chi connectivity index (χ4n) is 1.65. The lowest BCUT2D eigenvalue weighted by Gasteiger charge is -2.09. The first-order valence-electron chi connectivity index (χ1n) is 5.68. The van der Waals surface area contributed by atoms with Crippen molar-refractivity contribution in [1.82, 2.24) is 9.97 Å². The molecule has 1 aromatic heterocycles. The van der Waals surface area contributed by atoms with Gasteiger partial charge in [-0.15, -0.1) is 0 Å². The van der Waals surface area contributed by atoms with Crippen LogP contribution in [-0.2, 0) is 0 Å². The Morgan fingerprint density at radius 1 is 1.12 bits per heavy atom. The second-order valence-corrected chi connectivity index (χ2v) is 4.16. The molecule has 1 aromatic carbocycles. The summed E-state index contributed by atoms with van der Waals surface area (Å²) in [6.45, 7) is 4.24. The molecule has 0 aliphatic carbocycles. The molecule has 1 heterocycles. The molecule has 0 saturated heterocycles. The van der Waals surface area contributed by atoms with E-state index in [2.05, 4.69) is 23.8 Å². The summed E-state index contributed by atoms with van der Waals surface area (Å²) in [5, 5.41) is 0. The molecule has 0 saturated carbocycles. The number of benzene rings is 1. The molecule has 2 rings (SSSR count). The third-order valence-corrected chi connectivity index (χ3v) is 2.62. The number of rotatable bonds is 3. The van der Waals surface area contributed by atoms with Crippen LogP contribution in [0.25, 0.3) is 11.4 Å². The van der Waals surface area contributed by atoms with E-state index < -0.39 is 0 Å². The zero-order chi connectivity index (χ0) is 12.3. The number of hydrogen-bond acceptors (Lipinski definition) is 3. The molecular weight excluding hydrogens is 212 g/mol. The minimum absolute atomic E-state index is 0.395. The van der Waals surface area contributed by atoms with Crippen molar-refractivity contribution < 1.29 is 4.74 Å². The molecule has 0 N–H and O–H groups in total. The van der Waals surface area contributed by atoms with Gasteiger partial charge < -0.3 is 4.74 Å². The molecule has 0 aliphatic rings. The first-order chi connectivity index (χ1) is 8.22. The molecule has 0 unspecified atom stereocenters. The molecule has 88 valence electrons. The van der Waals surface area contributed by atoms with Crippen molar-refractivity contribution in [1.29, 1.82) is 0 Å². The minimum atomic E-state index is 0.395. The molecule has 0 fully saturated rings. The smallest absolute Gasteiger partial charge is 0.163 e. The third kappa shape index (κ3) is 2.44. The first-order valence-corrected chi connectivity index (χ1v) is 5.68. The van der Waals surface area contributed by atoms with Gasteiger partial charge in [0.1, 0.15) is 5.75 Å². The minimum Gasteiger partial charge on any atom is -0.496 e. The summed E-state index contributed by atoms with van der Waals surface area (Å²) in [4.78, 5) is 8.87. The van der Waals surface area contributed by atoms with Crippen LogP contribution in [0.2, 0.25) is 0 Å². The maximum absolute atomic E-state index is 5.32. The van der Waals surface area contributed by atoms with Gasteiger partial charge in [0.15, 0.2) is 5.82 Å². The van der Waals surface area contributed by atoms with Gasteiger partial charge in [-0.3, -0.25) is 0 Å². The fourth-order valence-corrected chi connectivity index (χ4v) is 1.65. The molecule has 0 aliphatic heterocycles. The Hall–Kier alpha value is -1.90. The maximum Gasteiger partial charge on any atom is 0.163 e. The zero-order valence-electron chi connectivity index (χ0n) is 10.3. The lowest BCUT2D eigenvalue weighted by Crippen LogP contribution is -1.98. The Morgan fingerprint density at radius 2 is 1.88 bits per heavy atom. The number of hydrogen-bond donors (Lipinski definition) is 0. The van der Waals surface area contributed by atoms with Crippen LogP contribution >= 0.6 is 0 Å². The molecule has 2 aromatic rings. The van der Waals surface area contributed by atoms with Crippen molar-refractivity contribution in [2.24, 2.45) is 0 Å². The van der Waals surface area contributed by atoms with Crippen LogP contribution in [0.5, 0.6) is 5.75 Å². The Kier molecular flexibility index (Phi) is 3.38. The quantitative estimate of drug-likeness (QED) is 0.808. The molecule has 0 radical (unpaired) electrons. The number of para-hydroxylation sites is 1. The topological polar surface area (TPSA) is 35.0 Å². The van der Waals surface area contributed by atoms with E-state index in [0.717, 1.165) is 17.0 Å². The van der Waals surface area contributed by atoms with E-state index >= 15 is 0 Å². The van der Waals surface area contributed by atoms with Crippen LogP contribution in [0.1, 0.15) is 25.5 Å². The highest BCUT2D eigenvalue weighted by atomic mass is 16.5. The Morgan fingerprint density at radius 3 is 2.59 bits per heavy atom. The first kappa shape index (κ1) is 11.6. The number of aromatic nitrogens is 2. The summed E-state index contributed by atoms with van der Waals surface area (Å²) in [5.74, 6) is 1.91. The average Bonchev–Trinajstić information content (AvgIpc) is 2.39. The van der Waals surface area contributed by atoms with E-state index in [-0.39, 0.29) is 0 Å². The standard InChI is InChI=1S/C14H16N2O/c1-10(2)12-8-9-15-14(16-12)11-6-4-5-7-13(11)17-3/h4-10H,1-3H3. The van der Waals surface area contributed by atoms with Crippen molar-refractivity contribution >= 4 is 0 Å². The van der Waals surface area contributed by atoms with Crippen LogP contribution in [-0.4, -0.2) is 17.1 Å². The van der Waals surface area contributed by atoms with Gasteiger partial charge in [0.05, 0.1) is 12.7 Å². The van der Waals surface area contributed by atoms with Crippen molar-refractivity contribution in [3.05, 3.63) is 42.2 Å². The normalized spacial score (nSPS) is 10.6. The largest absolute Gasteiger partial charge is 0.496 e. The molecule has 0 amide bonds. The SMILES string of the molecule is COc1ccccc1-c1nccc(C(C)C)n1. The molecule has 0 atom stereocenters. The number of methoxy groups -OCH3 is 1. The Balaban J connectivity index is 2.49. The van der Waals surface area contributed by atoms with E-state index in [1.54, 1.807) is 13.3 Å². The van der Waals surface area contributed by atoms with Crippen molar-refractivity contribution in [2.75, 3.05) is 7.11 Å². The summed E-state index contributed by atoms with van der Waals surface area (Å²) < 4.78 is 5.32. The van der Waals surface area contributed by atoms with E-state index in [1.807, 2.05) is 30.3 Å². The number of nitrogens with zero attached hydrogens (tertiary/aromatic N) is 2. The van der Waals surface area contributed by atoms with Crippen LogP contribution < -0.4 is 4.74 Å². The number of ether oxygens (including phenoxy) is 1. The molecular formula is C14H16N2O. The molecule has 17 heavy (non-hydrogen) atoms. The van der Waals surface area contributed by atoms with E-state index in [1.165, 1.54) is 0 Å². The highest BCUT2D eigenvalue weighted by Crippen LogP contribution is 2.27. The maximum atomic E-state index is 5.32. The Bertz CT molecular complexity index is 509. The lowest BCUT2D eigenvalue weighted by molar-refractivity contribution is 0.416. The molecule has 0 spiro atoms. The summed E-state index contributed by atoms with van der Waals surface area (Å²) in [5.41, 5.74) is 1.97. The van der Waals surface area contributed by atoms with Gasteiger partial charge >= 0.3 is 0 Å². The van der Waals surface area contributed by atoms with Crippen molar-refractivity contribution in [2.45, 2.75) is 19.8 Å². The van der Waals surface area contributed by atoms with Crippen molar-refractivity contribution in [3.8, 4) is 17.1 Å². The van der Waals surface area contributed by atoms with Crippen LogP contribution in [0, 0.1) is 0 Å². The lowest BCUT2D eigenvalue weighted by atomic mass is 10.1. The van der Waals surface area contributed by atoms with Crippen LogP contribution in [0.4, 0.5) is 0 Å². The second-order valence-electron chi connectivity index (χ2n) is 4.16. The van der Waals surface area contributed by atoms with Gasteiger partial charge in [0, 0.05) is 11.9 Å². The summed E-state index contributed by atoms with van der Waals surface area (Å²) >= 11 is 0. The van der Waals surface area contributed by atoms with Gasteiger partial charge in [-0.2, -0.15) is 0 Å². The molecule has 3 heteroatoms. The third-order valence-electron chi connectivity index (χ3n) is 2.62. The summed E-state index contributed by atoms with van der Waals surface area (Å²) in [6, 6.07) is 9.74. The second kappa shape index (κ2) is 4.95. The van der Waals surface area contributed by atoms with E-state index in [0.29, 0.717) is 11.7 Å². The average molecular weight is 228 g/mol. The van der Waals surface area contributed by atoms with E-state index in [4.69, 9.17) is 4.74 Å².